The summed E-state index contributed by atoms with van der Waals surface area (Å²) in [6.45, 7) is 2.84. The summed E-state index contributed by atoms with van der Waals surface area (Å²) < 4.78 is 5.07. The van der Waals surface area contributed by atoms with Crippen molar-refractivity contribution < 1.29 is 4.74 Å². The van der Waals surface area contributed by atoms with E-state index in [1.54, 1.807) is 7.11 Å². The van der Waals surface area contributed by atoms with E-state index in [0.717, 1.165) is 38.1 Å². The van der Waals surface area contributed by atoms with Gasteiger partial charge >= 0.3 is 0 Å². The average Bonchev–Trinajstić information content (AvgIpc) is 2.44. The van der Waals surface area contributed by atoms with E-state index in [2.05, 4.69) is 17.3 Å². The number of hydrogen-bond donors (Lipinski definition) is 1. The summed E-state index contributed by atoms with van der Waals surface area (Å²) in [5, 5.41) is 4.57. The minimum atomic E-state index is 0.214. The first-order chi connectivity index (χ1) is 9.60. The van der Waals surface area contributed by atoms with Gasteiger partial charge in [-0.2, -0.15) is 0 Å². The van der Waals surface area contributed by atoms with Crippen molar-refractivity contribution in [3.05, 3.63) is 33.8 Å². The summed E-state index contributed by atoms with van der Waals surface area (Å²) in [6, 6.07) is 6.00. The molecule has 0 aliphatic rings. The Kier molecular flexibility index (Phi) is 8.50. The minimum absolute atomic E-state index is 0.214. The van der Waals surface area contributed by atoms with Crippen LogP contribution in [0.25, 0.3) is 0 Å². The lowest BCUT2D eigenvalue weighted by Crippen LogP contribution is -2.27. The highest BCUT2D eigenvalue weighted by molar-refractivity contribution is 6.42. The van der Waals surface area contributed by atoms with Gasteiger partial charge < -0.3 is 15.0 Å². The van der Waals surface area contributed by atoms with Crippen LogP contribution in [-0.4, -0.2) is 45.8 Å². The highest BCUT2D eigenvalue weighted by Crippen LogP contribution is 2.31. The minimum Gasteiger partial charge on any atom is -0.385 e. The van der Waals surface area contributed by atoms with Crippen LogP contribution in [0.4, 0.5) is 0 Å². The molecule has 0 fully saturated rings. The number of nitrogens with zero attached hydrogens (tertiary/aromatic N) is 1. The van der Waals surface area contributed by atoms with Gasteiger partial charge in [-0.05, 0) is 45.1 Å². The van der Waals surface area contributed by atoms with Gasteiger partial charge in [-0.3, -0.25) is 0 Å². The number of rotatable bonds is 9. The molecule has 0 saturated carbocycles. The van der Waals surface area contributed by atoms with E-state index in [9.17, 15) is 0 Å². The Morgan fingerprint density at radius 1 is 1.30 bits per heavy atom. The molecule has 0 saturated heterocycles. The number of hydrogen-bond acceptors (Lipinski definition) is 3. The highest BCUT2D eigenvalue weighted by atomic mass is 35.5. The van der Waals surface area contributed by atoms with Crippen LogP contribution >= 0.6 is 23.2 Å². The second-order valence-corrected chi connectivity index (χ2v) is 5.71. The normalized spacial score (nSPS) is 12.9. The summed E-state index contributed by atoms with van der Waals surface area (Å²) >= 11 is 12.4. The number of halogens is 2. The highest BCUT2D eigenvalue weighted by Gasteiger charge is 2.15. The maximum Gasteiger partial charge on any atom is 0.0640 e. The van der Waals surface area contributed by atoms with E-state index in [-0.39, 0.29) is 6.04 Å². The Morgan fingerprint density at radius 3 is 2.70 bits per heavy atom. The molecule has 1 rings (SSSR count). The third kappa shape index (κ3) is 5.58. The Balaban J connectivity index is 2.53. The van der Waals surface area contributed by atoms with Gasteiger partial charge in [-0.25, -0.2) is 0 Å². The van der Waals surface area contributed by atoms with E-state index in [4.69, 9.17) is 27.9 Å². The fourth-order valence-corrected chi connectivity index (χ4v) is 2.62. The van der Waals surface area contributed by atoms with Crippen molar-refractivity contribution in [2.45, 2.75) is 18.9 Å². The van der Waals surface area contributed by atoms with Gasteiger partial charge in [0.25, 0.3) is 0 Å². The van der Waals surface area contributed by atoms with Crippen LogP contribution in [0.2, 0.25) is 10.0 Å². The second-order valence-electron chi connectivity index (χ2n) is 4.92. The van der Waals surface area contributed by atoms with Gasteiger partial charge in [-0.15, -0.1) is 0 Å². The van der Waals surface area contributed by atoms with Crippen LogP contribution < -0.4 is 5.32 Å². The first-order valence-electron chi connectivity index (χ1n) is 6.88. The van der Waals surface area contributed by atoms with Crippen molar-refractivity contribution in [1.82, 2.24) is 10.2 Å². The number of benzene rings is 1. The third-order valence-electron chi connectivity index (χ3n) is 3.39. The van der Waals surface area contributed by atoms with Crippen LogP contribution in [0.1, 0.15) is 24.4 Å². The van der Waals surface area contributed by atoms with Crippen molar-refractivity contribution in [3.63, 3.8) is 0 Å². The summed E-state index contributed by atoms with van der Waals surface area (Å²) in [4.78, 5) is 2.31. The lowest BCUT2D eigenvalue weighted by molar-refractivity contribution is 0.178. The molecule has 1 aromatic carbocycles. The molecule has 0 aliphatic carbocycles. The maximum atomic E-state index is 6.28. The summed E-state index contributed by atoms with van der Waals surface area (Å²) in [5.41, 5.74) is 1.06. The molecule has 1 N–H and O–H groups in total. The molecule has 1 unspecified atom stereocenters. The molecule has 0 radical (unpaired) electrons. The molecule has 0 aromatic heterocycles. The second kappa shape index (κ2) is 9.59. The zero-order valence-electron chi connectivity index (χ0n) is 12.5. The van der Waals surface area contributed by atoms with Crippen molar-refractivity contribution >= 4 is 23.2 Å². The van der Waals surface area contributed by atoms with Crippen molar-refractivity contribution in [2.75, 3.05) is 40.9 Å². The topological polar surface area (TPSA) is 24.5 Å². The van der Waals surface area contributed by atoms with Crippen molar-refractivity contribution in [2.24, 2.45) is 0 Å². The number of ether oxygens (including phenoxy) is 1. The molecule has 0 heterocycles. The molecule has 114 valence electrons. The van der Waals surface area contributed by atoms with Crippen LogP contribution in [0.5, 0.6) is 0 Å². The first kappa shape index (κ1) is 17.7. The van der Waals surface area contributed by atoms with Crippen molar-refractivity contribution in [1.29, 1.82) is 0 Å². The van der Waals surface area contributed by atoms with E-state index >= 15 is 0 Å². The zero-order chi connectivity index (χ0) is 15.0. The molecule has 0 amide bonds. The Morgan fingerprint density at radius 2 is 2.05 bits per heavy atom. The van der Waals surface area contributed by atoms with Gasteiger partial charge in [0.05, 0.1) is 10.0 Å². The maximum absolute atomic E-state index is 6.28. The zero-order valence-corrected chi connectivity index (χ0v) is 14.0. The van der Waals surface area contributed by atoms with Crippen LogP contribution in [0.3, 0.4) is 0 Å². The van der Waals surface area contributed by atoms with E-state index in [0.29, 0.717) is 10.0 Å². The van der Waals surface area contributed by atoms with E-state index in [1.165, 1.54) is 0 Å². The molecule has 1 atom stereocenters. The first-order valence-corrected chi connectivity index (χ1v) is 7.64. The SMILES string of the molecule is CNC(CCN(C)CCCOC)c1cccc(Cl)c1Cl. The molecule has 3 nitrogen and oxygen atoms in total. The largest absolute Gasteiger partial charge is 0.385 e. The molecular weight excluding hydrogens is 295 g/mol. The van der Waals surface area contributed by atoms with Gasteiger partial charge in [0.2, 0.25) is 0 Å². The smallest absolute Gasteiger partial charge is 0.0640 e. The van der Waals surface area contributed by atoms with Crippen molar-refractivity contribution in [3.8, 4) is 0 Å². The number of methoxy groups -OCH3 is 1. The Bertz CT molecular complexity index is 401. The molecule has 0 spiro atoms. The summed E-state index contributed by atoms with van der Waals surface area (Å²) in [5.74, 6) is 0. The Hall–Kier alpha value is -0.320. The van der Waals surface area contributed by atoms with Gasteiger partial charge in [0.1, 0.15) is 0 Å². The van der Waals surface area contributed by atoms with Crippen LogP contribution in [0, 0.1) is 0 Å². The van der Waals surface area contributed by atoms with E-state index < -0.39 is 0 Å². The predicted molar refractivity (Wildman–Crippen MR) is 86.9 cm³/mol. The van der Waals surface area contributed by atoms with Crippen LogP contribution in [-0.2, 0) is 4.74 Å². The summed E-state index contributed by atoms with van der Waals surface area (Å²) in [7, 11) is 5.81. The number of nitrogens with one attached hydrogen (secondary N) is 1. The monoisotopic (exact) mass is 318 g/mol. The predicted octanol–water partition coefficient (Wildman–Crippen LogP) is 3.61. The standard InChI is InChI=1S/C15H24Cl2N2O/c1-18-14(8-10-19(2)9-5-11-20-3)12-6-4-7-13(16)15(12)17/h4,6-7,14,18H,5,8-11H2,1-3H3. The van der Waals surface area contributed by atoms with Gasteiger partial charge in [0, 0.05) is 26.3 Å². The fraction of sp³-hybridized carbons (Fsp3) is 0.600. The Labute approximate surface area is 132 Å². The lowest BCUT2D eigenvalue weighted by atomic mass is 10.0. The molecule has 0 bridgehead atoms. The quantitative estimate of drug-likeness (QED) is 0.704. The van der Waals surface area contributed by atoms with Gasteiger partial charge in [-0.1, -0.05) is 35.3 Å². The molecule has 1 aromatic rings. The lowest BCUT2D eigenvalue weighted by Gasteiger charge is -2.22. The average molecular weight is 319 g/mol. The molecule has 0 aliphatic heterocycles. The van der Waals surface area contributed by atoms with Crippen LogP contribution in [0.15, 0.2) is 18.2 Å². The summed E-state index contributed by atoms with van der Waals surface area (Å²) in [6.07, 6.45) is 2.04. The molecule has 20 heavy (non-hydrogen) atoms. The van der Waals surface area contributed by atoms with E-state index in [1.807, 2.05) is 25.2 Å². The fourth-order valence-electron chi connectivity index (χ4n) is 2.19. The molecule has 5 heteroatoms. The third-order valence-corrected chi connectivity index (χ3v) is 4.23. The van der Waals surface area contributed by atoms with Gasteiger partial charge in [0.15, 0.2) is 0 Å². The molecular formula is C15H24Cl2N2O.